The van der Waals surface area contributed by atoms with Crippen LogP contribution in [0.2, 0.25) is 0 Å². The van der Waals surface area contributed by atoms with Crippen LogP contribution in [0.15, 0.2) is 18.2 Å². The maximum Gasteiger partial charge on any atom is 0.265 e. The molecule has 2 heterocycles. The Hall–Kier alpha value is -1.43. The van der Waals surface area contributed by atoms with E-state index in [0.29, 0.717) is 0 Å². The highest BCUT2D eigenvalue weighted by Crippen LogP contribution is 2.18. The number of nitrogens with one attached hydrogen (secondary N) is 2. The summed E-state index contributed by atoms with van der Waals surface area (Å²) in [6.45, 7) is 5.55. The number of nitrogens with zero attached hydrogens (tertiary/aromatic N) is 2. The van der Waals surface area contributed by atoms with E-state index in [1.807, 2.05) is 17.1 Å². The molecule has 0 saturated carbocycles. The largest absolute Gasteiger partial charge is 0.312 e. The molecule has 2 N–H and O–H groups in total. The molecule has 5 heteroatoms. The Morgan fingerprint density at radius 1 is 1.25 bits per heavy atom. The molecule has 0 atom stereocenters. The Morgan fingerprint density at radius 2 is 2.05 bits per heavy atom. The second-order valence-electron chi connectivity index (χ2n) is 5.60. The number of benzene rings is 1. The van der Waals surface area contributed by atoms with Crippen molar-refractivity contribution in [2.75, 3.05) is 39.8 Å². The Bertz CT molecular complexity index is 495. The second-order valence-corrected chi connectivity index (χ2v) is 5.60. The monoisotopic (exact) mass is 274 g/mol. The van der Waals surface area contributed by atoms with Crippen LogP contribution in [0.1, 0.15) is 21.5 Å². The van der Waals surface area contributed by atoms with Crippen LogP contribution in [-0.4, -0.2) is 55.6 Å². The van der Waals surface area contributed by atoms with Gasteiger partial charge in [0.25, 0.3) is 5.91 Å². The highest BCUT2D eigenvalue weighted by atomic mass is 16.2. The van der Waals surface area contributed by atoms with Crippen LogP contribution < -0.4 is 10.7 Å². The van der Waals surface area contributed by atoms with Crippen molar-refractivity contribution in [2.24, 2.45) is 0 Å². The average Bonchev–Trinajstić information content (AvgIpc) is 2.49. The third-order valence-electron chi connectivity index (χ3n) is 4.15. The molecule has 0 bridgehead atoms. The lowest BCUT2D eigenvalue weighted by molar-refractivity contribution is 0.0661. The van der Waals surface area contributed by atoms with Crippen LogP contribution >= 0.6 is 0 Å². The van der Waals surface area contributed by atoms with Gasteiger partial charge in [0.1, 0.15) is 0 Å². The van der Waals surface area contributed by atoms with Crippen molar-refractivity contribution in [3.05, 3.63) is 34.9 Å². The van der Waals surface area contributed by atoms with Gasteiger partial charge in [-0.3, -0.25) is 10.2 Å². The summed E-state index contributed by atoms with van der Waals surface area (Å²) in [7, 11) is 2.11. The number of hydrogen-bond donors (Lipinski definition) is 2. The fraction of sp³-hybridized carbons (Fsp3) is 0.533. The van der Waals surface area contributed by atoms with Crippen LogP contribution in [0.5, 0.6) is 0 Å². The van der Waals surface area contributed by atoms with Crippen molar-refractivity contribution in [1.82, 2.24) is 20.7 Å². The van der Waals surface area contributed by atoms with E-state index in [9.17, 15) is 4.79 Å². The second kappa shape index (κ2) is 5.91. The minimum atomic E-state index is 0.0232. The predicted molar refractivity (Wildman–Crippen MR) is 78.4 cm³/mol. The van der Waals surface area contributed by atoms with Crippen LogP contribution in [-0.2, 0) is 13.0 Å². The highest BCUT2D eigenvalue weighted by molar-refractivity contribution is 5.95. The third-order valence-corrected chi connectivity index (χ3v) is 4.15. The molecule has 0 radical (unpaired) electrons. The first kappa shape index (κ1) is 13.5. The standard InChI is InChI=1S/C15H22N4O/c1-18-7-9-19(10-8-18)17-15(20)13-4-2-3-12-5-6-16-11-14(12)13/h2-4,16H,5-11H2,1H3,(H,17,20). The fourth-order valence-corrected chi connectivity index (χ4v) is 2.85. The van der Waals surface area contributed by atoms with Crippen molar-refractivity contribution in [1.29, 1.82) is 0 Å². The smallest absolute Gasteiger partial charge is 0.265 e. The van der Waals surface area contributed by atoms with Gasteiger partial charge < -0.3 is 10.2 Å². The SMILES string of the molecule is CN1CCN(NC(=O)c2cccc3c2CNCC3)CC1. The zero-order valence-electron chi connectivity index (χ0n) is 12.0. The number of hydrogen-bond acceptors (Lipinski definition) is 4. The van der Waals surface area contributed by atoms with E-state index in [1.54, 1.807) is 0 Å². The van der Waals surface area contributed by atoms with Crippen molar-refractivity contribution >= 4 is 5.91 Å². The molecule has 1 saturated heterocycles. The van der Waals surface area contributed by atoms with E-state index in [2.05, 4.69) is 28.8 Å². The molecule has 2 aliphatic rings. The number of amides is 1. The molecular formula is C15H22N4O. The first-order chi connectivity index (χ1) is 9.74. The molecule has 1 fully saturated rings. The molecular weight excluding hydrogens is 252 g/mol. The Morgan fingerprint density at radius 3 is 2.85 bits per heavy atom. The van der Waals surface area contributed by atoms with E-state index in [1.165, 1.54) is 5.56 Å². The first-order valence-corrected chi connectivity index (χ1v) is 7.30. The molecule has 1 amide bonds. The van der Waals surface area contributed by atoms with E-state index in [-0.39, 0.29) is 5.91 Å². The van der Waals surface area contributed by atoms with Gasteiger partial charge in [0.15, 0.2) is 0 Å². The normalized spacial score (nSPS) is 20.4. The lowest BCUT2D eigenvalue weighted by Gasteiger charge is -2.32. The number of fused-ring (bicyclic) bond motifs is 1. The summed E-state index contributed by atoms with van der Waals surface area (Å²) in [6.07, 6.45) is 1.00. The molecule has 0 spiro atoms. The third kappa shape index (κ3) is 2.85. The minimum absolute atomic E-state index is 0.0232. The summed E-state index contributed by atoms with van der Waals surface area (Å²) >= 11 is 0. The van der Waals surface area contributed by atoms with Gasteiger partial charge in [0.2, 0.25) is 0 Å². The lowest BCUT2D eigenvalue weighted by atomic mass is 9.96. The number of carbonyl (C=O) groups excluding carboxylic acids is 1. The van der Waals surface area contributed by atoms with Crippen LogP contribution in [0, 0.1) is 0 Å². The Kier molecular flexibility index (Phi) is 4.00. The number of carbonyl (C=O) groups is 1. The van der Waals surface area contributed by atoms with E-state index in [0.717, 1.165) is 56.8 Å². The topological polar surface area (TPSA) is 47.6 Å². The molecule has 0 aliphatic carbocycles. The van der Waals surface area contributed by atoms with Gasteiger partial charge in [-0.25, -0.2) is 5.01 Å². The van der Waals surface area contributed by atoms with Crippen molar-refractivity contribution in [3.63, 3.8) is 0 Å². The minimum Gasteiger partial charge on any atom is -0.312 e. The van der Waals surface area contributed by atoms with Gasteiger partial charge in [-0.1, -0.05) is 12.1 Å². The summed E-state index contributed by atoms with van der Waals surface area (Å²) in [4.78, 5) is 14.7. The quantitative estimate of drug-likeness (QED) is 0.810. The molecule has 0 aromatic heterocycles. The molecule has 108 valence electrons. The van der Waals surface area contributed by atoms with Gasteiger partial charge in [-0.05, 0) is 37.2 Å². The van der Waals surface area contributed by atoms with Gasteiger partial charge in [-0.15, -0.1) is 0 Å². The van der Waals surface area contributed by atoms with Crippen molar-refractivity contribution < 1.29 is 4.79 Å². The summed E-state index contributed by atoms with van der Waals surface area (Å²) in [5, 5.41) is 5.37. The number of likely N-dealkylation sites (N-methyl/N-ethyl adjacent to an activating group) is 1. The van der Waals surface area contributed by atoms with Crippen molar-refractivity contribution in [3.8, 4) is 0 Å². The zero-order valence-corrected chi connectivity index (χ0v) is 12.0. The van der Waals surface area contributed by atoms with Crippen molar-refractivity contribution in [2.45, 2.75) is 13.0 Å². The Balaban J connectivity index is 1.71. The van der Waals surface area contributed by atoms with Crippen LogP contribution in [0.25, 0.3) is 0 Å². The predicted octanol–water partition coefficient (Wildman–Crippen LogP) is 0.225. The van der Waals surface area contributed by atoms with E-state index in [4.69, 9.17) is 0 Å². The van der Waals surface area contributed by atoms with E-state index < -0.39 is 0 Å². The van der Waals surface area contributed by atoms with Gasteiger partial charge in [0, 0.05) is 38.3 Å². The van der Waals surface area contributed by atoms with Crippen LogP contribution in [0.3, 0.4) is 0 Å². The van der Waals surface area contributed by atoms with Gasteiger partial charge >= 0.3 is 0 Å². The first-order valence-electron chi connectivity index (χ1n) is 7.30. The highest BCUT2D eigenvalue weighted by Gasteiger charge is 2.20. The maximum atomic E-state index is 12.5. The lowest BCUT2D eigenvalue weighted by Crippen LogP contribution is -2.52. The number of rotatable bonds is 2. The molecule has 5 nitrogen and oxygen atoms in total. The number of piperazine rings is 1. The molecule has 1 aromatic carbocycles. The fourth-order valence-electron chi connectivity index (χ4n) is 2.85. The molecule has 2 aliphatic heterocycles. The maximum absolute atomic E-state index is 12.5. The number of hydrazine groups is 1. The summed E-state index contributed by atoms with van der Waals surface area (Å²) in [5.41, 5.74) is 6.32. The van der Waals surface area contributed by atoms with Crippen LogP contribution in [0.4, 0.5) is 0 Å². The summed E-state index contributed by atoms with van der Waals surface area (Å²) in [5.74, 6) is 0.0232. The van der Waals surface area contributed by atoms with Gasteiger partial charge in [-0.2, -0.15) is 0 Å². The van der Waals surface area contributed by atoms with E-state index >= 15 is 0 Å². The summed E-state index contributed by atoms with van der Waals surface area (Å²) in [6, 6.07) is 6.04. The average molecular weight is 274 g/mol. The van der Waals surface area contributed by atoms with Gasteiger partial charge in [0.05, 0.1) is 0 Å². The summed E-state index contributed by atoms with van der Waals surface area (Å²) < 4.78 is 0. The molecule has 1 aromatic rings. The molecule has 0 unspecified atom stereocenters. The molecule has 3 rings (SSSR count). The molecule has 20 heavy (non-hydrogen) atoms. The Labute approximate surface area is 119 Å². The zero-order chi connectivity index (χ0) is 13.9.